The average Bonchev–Trinajstić information content (AvgIpc) is 2.81. The molecule has 0 radical (unpaired) electrons. The number of ether oxygens (including phenoxy) is 1. The van der Waals surface area contributed by atoms with Gasteiger partial charge in [0.25, 0.3) is 0 Å². The molecule has 0 fully saturated rings. The van der Waals surface area contributed by atoms with Crippen molar-refractivity contribution in [2.45, 2.75) is 25.9 Å². The van der Waals surface area contributed by atoms with Crippen LogP contribution in [0.4, 0.5) is 0 Å². The number of rotatable bonds is 9. The lowest BCUT2D eigenvalue weighted by Gasteiger charge is -2.13. The maximum atomic E-state index is 11.5. The van der Waals surface area contributed by atoms with Crippen LogP contribution in [0.25, 0.3) is 0 Å². The lowest BCUT2D eigenvalue weighted by Crippen LogP contribution is -2.41. The molecule has 1 aromatic rings. The summed E-state index contributed by atoms with van der Waals surface area (Å²) in [5, 5.41) is 10.0. The first kappa shape index (κ1) is 14.7. The molecular weight excluding hydrogens is 232 g/mol. The van der Waals surface area contributed by atoms with Gasteiger partial charge in [-0.05, 0) is 26.0 Å². The Morgan fingerprint density at radius 2 is 2.39 bits per heavy atom. The van der Waals surface area contributed by atoms with Crippen LogP contribution in [0, 0.1) is 0 Å². The summed E-state index contributed by atoms with van der Waals surface area (Å²) in [5.41, 5.74) is 0. The van der Waals surface area contributed by atoms with Crippen molar-refractivity contribution in [1.29, 1.82) is 0 Å². The lowest BCUT2D eigenvalue weighted by molar-refractivity contribution is -0.121. The summed E-state index contributed by atoms with van der Waals surface area (Å²) in [4.78, 5) is 11.5. The summed E-state index contributed by atoms with van der Waals surface area (Å²) in [6.45, 7) is 4.45. The Labute approximate surface area is 108 Å². The molecule has 6 heteroatoms. The minimum atomic E-state index is -0.00126. The number of aromatic nitrogens is 2. The van der Waals surface area contributed by atoms with Crippen molar-refractivity contribution < 1.29 is 9.53 Å². The van der Waals surface area contributed by atoms with Crippen molar-refractivity contribution in [2.24, 2.45) is 0 Å². The minimum Gasteiger partial charge on any atom is -0.383 e. The zero-order valence-electron chi connectivity index (χ0n) is 11.1. The van der Waals surface area contributed by atoms with E-state index in [-0.39, 0.29) is 11.9 Å². The third-order valence-corrected chi connectivity index (χ3v) is 2.41. The van der Waals surface area contributed by atoms with E-state index in [1.165, 1.54) is 0 Å². The van der Waals surface area contributed by atoms with Crippen LogP contribution in [0.3, 0.4) is 0 Å². The molecule has 0 aliphatic carbocycles. The topological polar surface area (TPSA) is 68.2 Å². The van der Waals surface area contributed by atoms with Gasteiger partial charge < -0.3 is 15.4 Å². The highest BCUT2D eigenvalue weighted by Crippen LogP contribution is 1.87. The Hall–Kier alpha value is -1.40. The molecule has 1 unspecified atom stereocenters. The zero-order valence-corrected chi connectivity index (χ0v) is 11.1. The molecule has 1 atom stereocenters. The molecule has 18 heavy (non-hydrogen) atoms. The van der Waals surface area contributed by atoms with E-state index in [0.29, 0.717) is 13.2 Å². The van der Waals surface area contributed by atoms with Crippen molar-refractivity contribution in [3.63, 3.8) is 0 Å². The predicted molar refractivity (Wildman–Crippen MR) is 69.2 cm³/mol. The van der Waals surface area contributed by atoms with Gasteiger partial charge in [-0.15, -0.1) is 0 Å². The second-order valence-corrected chi connectivity index (χ2v) is 4.22. The lowest BCUT2D eigenvalue weighted by atomic mass is 10.3. The average molecular weight is 254 g/mol. The van der Waals surface area contributed by atoms with Gasteiger partial charge in [0.1, 0.15) is 0 Å². The molecular formula is C12H22N4O2. The van der Waals surface area contributed by atoms with Crippen molar-refractivity contribution in [3.05, 3.63) is 18.5 Å². The fraction of sp³-hybridized carbons (Fsp3) is 0.667. The molecule has 0 aliphatic heterocycles. The van der Waals surface area contributed by atoms with Crippen LogP contribution >= 0.6 is 0 Å². The number of hydrogen-bond acceptors (Lipinski definition) is 4. The standard InChI is InChI=1S/C12H22N4O2/c1-11(10-18-2)15-12(17)9-13-5-3-7-16-8-4-6-14-16/h4,6,8,11,13H,3,5,7,9-10H2,1-2H3,(H,15,17). The van der Waals surface area contributed by atoms with Crippen LogP contribution in [-0.4, -0.2) is 48.5 Å². The molecule has 102 valence electrons. The number of methoxy groups -OCH3 is 1. The van der Waals surface area contributed by atoms with Crippen molar-refractivity contribution >= 4 is 5.91 Å². The van der Waals surface area contributed by atoms with Crippen molar-refractivity contribution in [1.82, 2.24) is 20.4 Å². The van der Waals surface area contributed by atoms with E-state index in [0.717, 1.165) is 19.5 Å². The third-order valence-electron chi connectivity index (χ3n) is 2.41. The Morgan fingerprint density at radius 3 is 3.06 bits per heavy atom. The fourth-order valence-corrected chi connectivity index (χ4v) is 1.62. The van der Waals surface area contributed by atoms with E-state index in [1.54, 1.807) is 13.3 Å². The van der Waals surface area contributed by atoms with Gasteiger partial charge in [-0.1, -0.05) is 0 Å². The number of aryl methyl sites for hydroxylation is 1. The van der Waals surface area contributed by atoms with Crippen LogP contribution < -0.4 is 10.6 Å². The van der Waals surface area contributed by atoms with E-state index < -0.39 is 0 Å². The number of carbonyl (C=O) groups is 1. The van der Waals surface area contributed by atoms with Gasteiger partial charge in [0.05, 0.1) is 13.2 Å². The molecule has 1 amide bonds. The quantitative estimate of drug-likeness (QED) is 0.609. The Morgan fingerprint density at radius 1 is 1.56 bits per heavy atom. The summed E-state index contributed by atoms with van der Waals surface area (Å²) in [7, 11) is 1.62. The second-order valence-electron chi connectivity index (χ2n) is 4.22. The summed E-state index contributed by atoms with van der Waals surface area (Å²) in [5.74, 6) is -0.00126. The zero-order chi connectivity index (χ0) is 13.2. The smallest absolute Gasteiger partial charge is 0.234 e. The van der Waals surface area contributed by atoms with Crippen LogP contribution in [0.5, 0.6) is 0 Å². The first-order chi connectivity index (χ1) is 8.72. The maximum Gasteiger partial charge on any atom is 0.234 e. The second kappa shape index (κ2) is 8.66. The number of amides is 1. The summed E-state index contributed by atoms with van der Waals surface area (Å²) >= 11 is 0. The van der Waals surface area contributed by atoms with Gasteiger partial charge in [-0.3, -0.25) is 9.48 Å². The summed E-state index contributed by atoms with van der Waals surface area (Å²) in [6, 6.07) is 1.95. The first-order valence-corrected chi connectivity index (χ1v) is 6.19. The highest BCUT2D eigenvalue weighted by molar-refractivity contribution is 5.78. The van der Waals surface area contributed by atoms with E-state index >= 15 is 0 Å². The first-order valence-electron chi connectivity index (χ1n) is 6.19. The highest BCUT2D eigenvalue weighted by atomic mass is 16.5. The summed E-state index contributed by atoms with van der Waals surface area (Å²) < 4.78 is 6.82. The molecule has 0 saturated carbocycles. The van der Waals surface area contributed by atoms with Gasteiger partial charge in [0.2, 0.25) is 5.91 Å². The molecule has 0 bridgehead atoms. The van der Waals surface area contributed by atoms with E-state index in [4.69, 9.17) is 4.74 Å². The maximum absolute atomic E-state index is 11.5. The van der Waals surface area contributed by atoms with E-state index in [2.05, 4.69) is 15.7 Å². The number of nitrogens with one attached hydrogen (secondary N) is 2. The van der Waals surface area contributed by atoms with Crippen LogP contribution in [0.1, 0.15) is 13.3 Å². The van der Waals surface area contributed by atoms with E-state index in [1.807, 2.05) is 23.9 Å². The molecule has 1 rings (SSSR count). The molecule has 0 spiro atoms. The van der Waals surface area contributed by atoms with E-state index in [9.17, 15) is 4.79 Å². The number of carbonyl (C=O) groups excluding carboxylic acids is 1. The van der Waals surface area contributed by atoms with Crippen molar-refractivity contribution in [2.75, 3.05) is 26.8 Å². The Balaban J connectivity index is 1.98. The molecule has 1 aromatic heterocycles. The largest absolute Gasteiger partial charge is 0.383 e. The molecule has 0 aliphatic rings. The van der Waals surface area contributed by atoms with Gasteiger partial charge in [0.15, 0.2) is 0 Å². The predicted octanol–water partition coefficient (Wildman–Crippen LogP) is 0.0139. The Bertz CT molecular complexity index is 327. The normalized spacial score (nSPS) is 12.3. The van der Waals surface area contributed by atoms with Gasteiger partial charge >= 0.3 is 0 Å². The molecule has 1 heterocycles. The highest BCUT2D eigenvalue weighted by Gasteiger charge is 2.05. The van der Waals surface area contributed by atoms with Gasteiger partial charge in [-0.2, -0.15) is 5.10 Å². The van der Waals surface area contributed by atoms with Crippen LogP contribution in [-0.2, 0) is 16.1 Å². The molecule has 0 saturated heterocycles. The third kappa shape index (κ3) is 6.36. The van der Waals surface area contributed by atoms with Crippen molar-refractivity contribution in [3.8, 4) is 0 Å². The fourth-order valence-electron chi connectivity index (χ4n) is 1.62. The molecule has 6 nitrogen and oxygen atoms in total. The SMILES string of the molecule is COCC(C)NC(=O)CNCCCn1cccn1. The van der Waals surface area contributed by atoms with Gasteiger partial charge in [0, 0.05) is 32.1 Å². The Kier molecular flexibility index (Phi) is 7.05. The number of hydrogen-bond donors (Lipinski definition) is 2. The van der Waals surface area contributed by atoms with Crippen LogP contribution in [0.15, 0.2) is 18.5 Å². The summed E-state index contributed by atoms with van der Waals surface area (Å²) in [6.07, 6.45) is 4.64. The molecule has 0 aromatic carbocycles. The molecule has 2 N–H and O–H groups in total. The minimum absolute atomic E-state index is 0.00126. The van der Waals surface area contributed by atoms with Gasteiger partial charge in [-0.25, -0.2) is 0 Å². The van der Waals surface area contributed by atoms with Crippen LogP contribution in [0.2, 0.25) is 0 Å². The number of nitrogens with zero attached hydrogens (tertiary/aromatic N) is 2. The monoisotopic (exact) mass is 254 g/mol.